The van der Waals surface area contributed by atoms with Gasteiger partial charge in [0.15, 0.2) is 0 Å². The molecular formula is C34H76BN. The van der Waals surface area contributed by atoms with Crippen molar-refractivity contribution in [3.63, 3.8) is 0 Å². The Morgan fingerprint density at radius 3 is 0.639 bits per heavy atom. The van der Waals surface area contributed by atoms with Crippen molar-refractivity contribution >= 4 is 8.41 Å². The molecule has 0 rings (SSSR count). The summed E-state index contributed by atoms with van der Waals surface area (Å²) in [5, 5.41) is 0. The fourth-order valence-electron chi connectivity index (χ4n) is 5.58. The third-order valence-corrected chi connectivity index (χ3v) is 8.23. The summed E-state index contributed by atoms with van der Waals surface area (Å²) >= 11 is 0. The quantitative estimate of drug-likeness (QED) is 0.0513. The smallest absolute Gasteiger partial charge is 0.0782 e. The fourth-order valence-corrected chi connectivity index (χ4v) is 5.58. The SMILES string of the molecule is CCCCCCCCCCCCCCCC[N+](C)(C)CCCCCCCCCCCCCCCC.[BH4-]. The summed E-state index contributed by atoms with van der Waals surface area (Å²) in [5.74, 6) is 0. The molecule has 0 spiro atoms. The van der Waals surface area contributed by atoms with Crippen molar-refractivity contribution in [2.24, 2.45) is 0 Å². The van der Waals surface area contributed by atoms with E-state index in [-0.39, 0.29) is 8.41 Å². The monoisotopic (exact) mass is 510 g/mol. The van der Waals surface area contributed by atoms with Gasteiger partial charge in [0.05, 0.1) is 27.2 Å². The summed E-state index contributed by atoms with van der Waals surface area (Å²) < 4.78 is 1.25. The second kappa shape index (κ2) is 31.2. The number of rotatable bonds is 30. The molecular weight excluding hydrogens is 433 g/mol. The molecule has 0 aromatic heterocycles. The molecule has 0 N–H and O–H groups in total. The third kappa shape index (κ3) is 32.1. The number of quaternary nitrogens is 1. The molecule has 0 saturated heterocycles. The average Bonchev–Trinajstić information content (AvgIpc) is 2.84. The third-order valence-electron chi connectivity index (χ3n) is 8.23. The van der Waals surface area contributed by atoms with Crippen LogP contribution in [-0.2, 0) is 0 Å². The molecule has 0 atom stereocenters. The lowest BCUT2D eigenvalue weighted by Crippen LogP contribution is -2.41. The van der Waals surface area contributed by atoms with Crippen molar-refractivity contribution in [1.29, 1.82) is 0 Å². The van der Waals surface area contributed by atoms with Gasteiger partial charge in [-0.1, -0.05) is 176 Å². The summed E-state index contributed by atoms with van der Waals surface area (Å²) in [5.41, 5.74) is 0. The van der Waals surface area contributed by atoms with E-state index in [1.165, 1.54) is 197 Å². The number of hydrogen-bond acceptors (Lipinski definition) is 0. The van der Waals surface area contributed by atoms with Crippen molar-refractivity contribution in [3.8, 4) is 0 Å². The molecule has 0 fully saturated rings. The van der Waals surface area contributed by atoms with E-state index in [1.54, 1.807) is 0 Å². The minimum Gasteiger partial charge on any atom is -0.328 e. The lowest BCUT2D eigenvalue weighted by Gasteiger charge is -2.30. The highest BCUT2D eigenvalue weighted by Gasteiger charge is 2.13. The van der Waals surface area contributed by atoms with Gasteiger partial charge < -0.3 is 4.48 Å². The van der Waals surface area contributed by atoms with Crippen LogP contribution < -0.4 is 0 Å². The van der Waals surface area contributed by atoms with E-state index < -0.39 is 0 Å². The van der Waals surface area contributed by atoms with Crippen molar-refractivity contribution < 1.29 is 4.48 Å². The number of nitrogens with zero attached hydrogens (tertiary/aromatic N) is 1. The highest BCUT2D eigenvalue weighted by atomic mass is 15.3. The van der Waals surface area contributed by atoms with Crippen LogP contribution >= 0.6 is 0 Å². The lowest BCUT2D eigenvalue weighted by molar-refractivity contribution is -0.890. The first-order valence-electron chi connectivity index (χ1n) is 16.9. The van der Waals surface area contributed by atoms with Crippen LogP contribution in [0, 0.1) is 0 Å². The zero-order valence-corrected chi connectivity index (χ0v) is 25.7. The van der Waals surface area contributed by atoms with Gasteiger partial charge >= 0.3 is 0 Å². The molecule has 0 aliphatic carbocycles. The molecule has 0 aromatic rings. The van der Waals surface area contributed by atoms with Gasteiger partial charge in [0.25, 0.3) is 0 Å². The van der Waals surface area contributed by atoms with Crippen LogP contribution in [-0.4, -0.2) is 40.1 Å². The van der Waals surface area contributed by atoms with Crippen LogP contribution in [0.1, 0.15) is 194 Å². The van der Waals surface area contributed by atoms with E-state index in [1.807, 2.05) is 0 Å². The standard InChI is InChI=1S/C34H72N.BH4/c1-5-7-9-11-13-15-17-19-21-23-25-27-29-31-33-35(3,4)34-32-30-28-26-24-22-20-18-16-14-12-10-8-6-2;/h5-34H2,1-4H3;1H4/q+1;-1. The van der Waals surface area contributed by atoms with Gasteiger partial charge in [-0.05, 0) is 25.7 Å². The maximum Gasteiger partial charge on any atom is 0.0782 e. The largest absolute Gasteiger partial charge is 0.328 e. The maximum atomic E-state index is 2.46. The lowest BCUT2D eigenvalue weighted by atomic mass is 10.0. The van der Waals surface area contributed by atoms with Gasteiger partial charge in [0.2, 0.25) is 0 Å². The Morgan fingerprint density at radius 1 is 0.278 bits per heavy atom. The molecule has 0 amide bonds. The molecule has 0 heterocycles. The first-order valence-corrected chi connectivity index (χ1v) is 16.9. The van der Waals surface area contributed by atoms with Crippen molar-refractivity contribution in [2.45, 2.75) is 194 Å². The molecule has 0 unspecified atom stereocenters. The van der Waals surface area contributed by atoms with Gasteiger partial charge in [0, 0.05) is 0 Å². The number of hydrogen-bond donors (Lipinski definition) is 0. The Labute approximate surface area is 233 Å². The van der Waals surface area contributed by atoms with E-state index >= 15 is 0 Å². The van der Waals surface area contributed by atoms with E-state index in [0.29, 0.717) is 0 Å². The predicted octanol–water partition coefficient (Wildman–Crippen LogP) is 10.6. The molecule has 2 heteroatoms. The zero-order chi connectivity index (χ0) is 25.7. The highest BCUT2D eigenvalue weighted by Crippen LogP contribution is 2.15. The van der Waals surface area contributed by atoms with E-state index in [2.05, 4.69) is 27.9 Å². The van der Waals surface area contributed by atoms with Crippen LogP contribution in [0.4, 0.5) is 0 Å². The molecule has 0 aromatic carbocycles. The Morgan fingerprint density at radius 2 is 0.444 bits per heavy atom. The van der Waals surface area contributed by atoms with Gasteiger partial charge in [-0.25, -0.2) is 0 Å². The Bertz CT molecular complexity index is 347. The first kappa shape index (κ1) is 38.2. The summed E-state index contributed by atoms with van der Waals surface area (Å²) in [6.45, 7) is 7.38. The topological polar surface area (TPSA) is 0 Å². The maximum absolute atomic E-state index is 2.46. The zero-order valence-electron chi connectivity index (χ0n) is 25.7. The molecule has 1 nitrogen and oxygen atoms in total. The molecule has 220 valence electrons. The van der Waals surface area contributed by atoms with Gasteiger partial charge in [-0.2, -0.15) is 0 Å². The highest BCUT2D eigenvalue weighted by molar-refractivity contribution is 5.75. The summed E-state index contributed by atoms with van der Waals surface area (Å²) in [6, 6.07) is 0. The molecule has 0 bridgehead atoms. The van der Waals surface area contributed by atoms with Crippen molar-refractivity contribution in [1.82, 2.24) is 0 Å². The van der Waals surface area contributed by atoms with Crippen LogP contribution in [0.2, 0.25) is 0 Å². The molecule has 0 aliphatic rings. The van der Waals surface area contributed by atoms with E-state index in [4.69, 9.17) is 0 Å². The van der Waals surface area contributed by atoms with Crippen LogP contribution in [0.5, 0.6) is 0 Å². The summed E-state index contributed by atoms with van der Waals surface area (Å²) in [4.78, 5) is 0. The Hall–Kier alpha value is 0.0249. The molecule has 0 radical (unpaired) electrons. The van der Waals surface area contributed by atoms with Crippen LogP contribution in [0.15, 0.2) is 0 Å². The molecule has 0 saturated carbocycles. The minimum atomic E-state index is 0. The van der Waals surface area contributed by atoms with E-state index in [0.717, 1.165) is 0 Å². The van der Waals surface area contributed by atoms with Crippen LogP contribution in [0.25, 0.3) is 0 Å². The van der Waals surface area contributed by atoms with Crippen molar-refractivity contribution in [3.05, 3.63) is 0 Å². The fraction of sp³-hybridized carbons (Fsp3) is 1.00. The minimum absolute atomic E-state index is 0. The molecule has 36 heavy (non-hydrogen) atoms. The van der Waals surface area contributed by atoms with Gasteiger partial charge in [-0.3, -0.25) is 0 Å². The van der Waals surface area contributed by atoms with E-state index in [9.17, 15) is 0 Å². The van der Waals surface area contributed by atoms with Crippen LogP contribution in [0.3, 0.4) is 0 Å². The summed E-state index contributed by atoms with van der Waals surface area (Å²) in [6.07, 6.45) is 40.9. The second-order valence-corrected chi connectivity index (χ2v) is 12.6. The number of unbranched alkanes of at least 4 members (excludes halogenated alkanes) is 26. The first-order chi connectivity index (χ1) is 17.1. The van der Waals surface area contributed by atoms with Gasteiger partial charge in [0.1, 0.15) is 0 Å². The van der Waals surface area contributed by atoms with Crippen molar-refractivity contribution in [2.75, 3.05) is 27.2 Å². The summed E-state index contributed by atoms with van der Waals surface area (Å²) in [7, 11) is 4.93. The average molecular weight is 510 g/mol. The van der Waals surface area contributed by atoms with Gasteiger partial charge in [-0.15, -0.1) is 0 Å². The Kier molecular flexibility index (Phi) is 33.1. The Balaban J connectivity index is 0. The molecule has 0 aliphatic heterocycles. The predicted molar refractivity (Wildman–Crippen MR) is 174 cm³/mol. The normalized spacial score (nSPS) is 11.7. The second-order valence-electron chi connectivity index (χ2n) is 12.6.